The Morgan fingerprint density at radius 3 is 3.00 bits per heavy atom. The van der Waals surface area contributed by atoms with Crippen LogP contribution in [0.5, 0.6) is 0 Å². The molecule has 0 radical (unpaired) electrons. The van der Waals surface area contributed by atoms with E-state index in [1.165, 1.54) is 34.7 Å². The lowest BCUT2D eigenvalue weighted by Crippen LogP contribution is -2.28. The summed E-state index contributed by atoms with van der Waals surface area (Å²) in [5.41, 5.74) is 7.19. The molecule has 0 unspecified atom stereocenters. The second kappa shape index (κ2) is 8.34. The molecular formula is C21H27N3S. The Labute approximate surface area is 153 Å². The fourth-order valence-electron chi connectivity index (χ4n) is 2.74. The second-order valence-electron chi connectivity index (χ2n) is 6.50. The van der Waals surface area contributed by atoms with Crippen LogP contribution in [0.1, 0.15) is 50.0 Å². The van der Waals surface area contributed by atoms with Gasteiger partial charge in [0.15, 0.2) is 0 Å². The van der Waals surface area contributed by atoms with Gasteiger partial charge in [0.25, 0.3) is 0 Å². The molecule has 0 saturated heterocycles. The molecule has 0 spiro atoms. The quantitative estimate of drug-likeness (QED) is 0.602. The molecule has 25 heavy (non-hydrogen) atoms. The average Bonchev–Trinajstić information content (AvgIpc) is 3.16. The minimum Gasteiger partial charge on any atom is -0.383 e. The zero-order chi connectivity index (χ0) is 17.6. The SMILES string of the molecule is C/C=c1/ccn(Cc2cc(C(N)=NC3CC3)cs2)/c1=C/C=C\CCC. The largest absolute Gasteiger partial charge is 0.383 e. The zero-order valence-corrected chi connectivity index (χ0v) is 15.9. The van der Waals surface area contributed by atoms with E-state index in [4.69, 9.17) is 5.73 Å². The van der Waals surface area contributed by atoms with E-state index in [2.05, 4.69) is 71.4 Å². The lowest BCUT2D eigenvalue weighted by atomic mass is 10.3. The first-order chi connectivity index (χ1) is 12.2. The van der Waals surface area contributed by atoms with Crippen molar-refractivity contribution in [2.24, 2.45) is 10.7 Å². The summed E-state index contributed by atoms with van der Waals surface area (Å²) in [7, 11) is 0. The molecule has 132 valence electrons. The molecular weight excluding hydrogens is 326 g/mol. The zero-order valence-electron chi connectivity index (χ0n) is 15.1. The molecule has 0 amide bonds. The highest BCUT2D eigenvalue weighted by atomic mass is 32.1. The third-order valence-electron chi connectivity index (χ3n) is 4.34. The minimum absolute atomic E-state index is 0.464. The number of unbranched alkanes of at least 4 members (excludes halogenated alkanes) is 1. The standard InChI is InChI=1S/C21H27N3S/c1-3-5-6-7-8-20-16(4-2)11-12-24(20)14-19-13-17(15-25-19)21(22)23-18-9-10-18/h4,6-8,11-13,15,18H,3,5,9-10,14H2,1-2H3,(H2,22,23)/b7-6-,16-4-,20-8+. The normalized spacial score (nSPS) is 17.1. The van der Waals surface area contributed by atoms with Crippen molar-refractivity contribution in [3.05, 3.63) is 56.9 Å². The molecule has 3 nitrogen and oxygen atoms in total. The van der Waals surface area contributed by atoms with E-state index in [1.807, 2.05) is 0 Å². The fourth-order valence-corrected chi connectivity index (χ4v) is 3.61. The molecule has 1 fully saturated rings. The Hall–Kier alpha value is -2.07. The topological polar surface area (TPSA) is 43.3 Å². The molecule has 2 N–H and O–H groups in total. The molecule has 2 aromatic heterocycles. The van der Waals surface area contributed by atoms with Gasteiger partial charge < -0.3 is 10.3 Å². The van der Waals surface area contributed by atoms with E-state index in [-0.39, 0.29) is 0 Å². The fraction of sp³-hybridized carbons (Fsp3) is 0.381. The van der Waals surface area contributed by atoms with E-state index in [0.29, 0.717) is 11.9 Å². The van der Waals surface area contributed by atoms with Gasteiger partial charge in [0.05, 0.1) is 12.6 Å². The molecule has 2 aromatic rings. The van der Waals surface area contributed by atoms with Gasteiger partial charge in [0.1, 0.15) is 5.84 Å². The molecule has 4 heteroatoms. The number of thiophene rings is 1. The van der Waals surface area contributed by atoms with Gasteiger partial charge in [0, 0.05) is 27.4 Å². The summed E-state index contributed by atoms with van der Waals surface area (Å²) in [6.45, 7) is 5.15. The maximum absolute atomic E-state index is 6.12. The smallest absolute Gasteiger partial charge is 0.126 e. The van der Waals surface area contributed by atoms with Crippen LogP contribution in [-0.2, 0) is 6.54 Å². The van der Waals surface area contributed by atoms with Crippen LogP contribution in [0.3, 0.4) is 0 Å². The van der Waals surface area contributed by atoms with Crippen molar-refractivity contribution in [2.75, 3.05) is 0 Å². The highest BCUT2D eigenvalue weighted by Crippen LogP contribution is 2.24. The molecule has 0 bridgehead atoms. The first kappa shape index (κ1) is 17.7. The van der Waals surface area contributed by atoms with Crippen LogP contribution in [0.4, 0.5) is 0 Å². The van der Waals surface area contributed by atoms with Crippen molar-refractivity contribution >= 4 is 29.3 Å². The van der Waals surface area contributed by atoms with Crippen LogP contribution >= 0.6 is 11.3 Å². The van der Waals surface area contributed by atoms with E-state index in [1.54, 1.807) is 11.3 Å². The molecule has 0 atom stereocenters. The maximum atomic E-state index is 6.12. The highest BCUT2D eigenvalue weighted by Gasteiger charge is 2.20. The Morgan fingerprint density at radius 1 is 1.44 bits per heavy atom. The molecule has 3 rings (SSSR count). The van der Waals surface area contributed by atoms with Crippen LogP contribution in [0.15, 0.2) is 40.9 Å². The Balaban J connectivity index is 1.81. The van der Waals surface area contributed by atoms with Crippen molar-refractivity contribution < 1.29 is 0 Å². The first-order valence-corrected chi connectivity index (χ1v) is 9.98. The van der Waals surface area contributed by atoms with E-state index >= 15 is 0 Å². The summed E-state index contributed by atoms with van der Waals surface area (Å²) in [6.07, 6.45) is 15.6. The summed E-state index contributed by atoms with van der Waals surface area (Å²) in [5.74, 6) is 0.689. The number of aromatic nitrogens is 1. The van der Waals surface area contributed by atoms with E-state index < -0.39 is 0 Å². The number of nitrogens with two attached hydrogens (primary N) is 1. The Morgan fingerprint density at radius 2 is 2.28 bits per heavy atom. The van der Waals surface area contributed by atoms with Crippen molar-refractivity contribution in [3.63, 3.8) is 0 Å². The van der Waals surface area contributed by atoms with Crippen LogP contribution in [-0.4, -0.2) is 16.4 Å². The van der Waals surface area contributed by atoms with Gasteiger partial charge in [0.2, 0.25) is 0 Å². The average molecular weight is 354 g/mol. The number of hydrogen-bond acceptors (Lipinski definition) is 2. The molecule has 1 saturated carbocycles. The van der Waals surface area contributed by atoms with Crippen LogP contribution in [0.2, 0.25) is 0 Å². The van der Waals surface area contributed by atoms with E-state index in [0.717, 1.165) is 18.5 Å². The second-order valence-corrected chi connectivity index (χ2v) is 7.50. The number of hydrogen-bond donors (Lipinski definition) is 1. The van der Waals surface area contributed by atoms with Gasteiger partial charge in [-0.25, -0.2) is 0 Å². The van der Waals surface area contributed by atoms with Gasteiger partial charge in [-0.1, -0.05) is 31.6 Å². The van der Waals surface area contributed by atoms with Gasteiger partial charge in [-0.2, -0.15) is 0 Å². The summed E-state index contributed by atoms with van der Waals surface area (Å²) in [4.78, 5) is 5.85. The molecule has 1 aliphatic rings. The third-order valence-corrected chi connectivity index (χ3v) is 5.26. The Bertz CT molecular complexity index is 879. The molecule has 0 aromatic carbocycles. The summed E-state index contributed by atoms with van der Waals surface area (Å²) in [5, 5.41) is 4.65. The monoisotopic (exact) mass is 353 g/mol. The van der Waals surface area contributed by atoms with Gasteiger partial charge in [-0.3, -0.25) is 4.99 Å². The van der Waals surface area contributed by atoms with Crippen molar-refractivity contribution in [2.45, 2.75) is 52.1 Å². The van der Waals surface area contributed by atoms with Gasteiger partial charge in [-0.05, 0) is 49.6 Å². The predicted molar refractivity (Wildman–Crippen MR) is 110 cm³/mol. The number of nitrogens with zero attached hydrogens (tertiary/aromatic N) is 2. The summed E-state index contributed by atoms with van der Waals surface area (Å²) in [6, 6.07) is 4.82. The Kier molecular flexibility index (Phi) is 5.92. The first-order valence-electron chi connectivity index (χ1n) is 9.10. The van der Waals surface area contributed by atoms with Gasteiger partial charge in [-0.15, -0.1) is 11.3 Å². The highest BCUT2D eigenvalue weighted by molar-refractivity contribution is 7.10. The third kappa shape index (κ3) is 4.73. The van der Waals surface area contributed by atoms with Gasteiger partial charge >= 0.3 is 0 Å². The summed E-state index contributed by atoms with van der Waals surface area (Å²) >= 11 is 1.75. The van der Waals surface area contributed by atoms with Crippen molar-refractivity contribution in [1.82, 2.24) is 4.57 Å². The van der Waals surface area contributed by atoms with Crippen LogP contribution in [0, 0.1) is 0 Å². The van der Waals surface area contributed by atoms with E-state index in [9.17, 15) is 0 Å². The van der Waals surface area contributed by atoms with Crippen LogP contribution in [0.25, 0.3) is 12.2 Å². The van der Waals surface area contributed by atoms with Crippen LogP contribution < -0.4 is 16.3 Å². The number of aliphatic imine (C=N–C) groups is 1. The lowest BCUT2D eigenvalue weighted by Gasteiger charge is -2.01. The number of amidine groups is 1. The molecule has 1 aliphatic carbocycles. The summed E-state index contributed by atoms with van der Waals surface area (Å²) < 4.78 is 2.30. The molecule has 0 aliphatic heterocycles. The van der Waals surface area contributed by atoms with Crippen molar-refractivity contribution in [3.8, 4) is 0 Å². The maximum Gasteiger partial charge on any atom is 0.126 e. The van der Waals surface area contributed by atoms with Crippen molar-refractivity contribution in [1.29, 1.82) is 0 Å². The molecule has 2 heterocycles. The predicted octanol–water partition coefficient (Wildman–Crippen LogP) is 3.40. The number of rotatable bonds is 7. The number of allylic oxidation sites excluding steroid dienone is 2. The lowest BCUT2D eigenvalue weighted by molar-refractivity contribution is 0.790. The minimum atomic E-state index is 0.464.